The van der Waals surface area contributed by atoms with Gasteiger partial charge in [-0.2, -0.15) is 13.2 Å². The molecule has 2 amide bonds. The topological polar surface area (TPSA) is 52.6 Å². The number of urea groups is 1. The third-order valence-corrected chi connectivity index (χ3v) is 3.44. The van der Waals surface area contributed by atoms with Gasteiger partial charge >= 0.3 is 12.2 Å². The second kappa shape index (κ2) is 5.79. The molecule has 7 heteroatoms. The van der Waals surface area contributed by atoms with Gasteiger partial charge in [0.25, 0.3) is 0 Å². The maximum Gasteiger partial charge on any atom is 0.419 e. The van der Waals surface area contributed by atoms with Crippen molar-refractivity contribution in [1.82, 2.24) is 10.2 Å². The summed E-state index contributed by atoms with van der Waals surface area (Å²) in [4.78, 5) is 12.7. The van der Waals surface area contributed by atoms with Crippen LogP contribution in [0.15, 0.2) is 0 Å². The molecule has 0 aromatic rings. The Bertz CT molecular complexity index is 353. The monoisotopic (exact) mass is 296 g/mol. The summed E-state index contributed by atoms with van der Waals surface area (Å²) in [5, 5.41) is 12.1. The molecule has 0 aromatic carbocycles. The molecule has 1 heterocycles. The predicted molar refractivity (Wildman–Crippen MR) is 69.3 cm³/mol. The molecule has 0 spiro atoms. The third-order valence-electron chi connectivity index (χ3n) is 3.44. The molecular formula is C13H23F3N2O2. The molecule has 0 saturated carbocycles. The first-order valence-corrected chi connectivity index (χ1v) is 6.76. The fraction of sp³-hybridized carbons (Fsp3) is 0.923. The summed E-state index contributed by atoms with van der Waals surface area (Å²) in [7, 11) is 0. The number of carbonyl (C=O) groups excluding carboxylic acids is 1. The number of nitrogens with zero attached hydrogens (tertiary/aromatic N) is 1. The van der Waals surface area contributed by atoms with E-state index in [-0.39, 0.29) is 12.0 Å². The smallest absolute Gasteiger partial charge is 0.379 e. The van der Waals surface area contributed by atoms with Crippen LogP contribution in [0, 0.1) is 5.41 Å². The van der Waals surface area contributed by atoms with Gasteiger partial charge in [-0.15, -0.1) is 0 Å². The number of hydrogen-bond donors (Lipinski definition) is 2. The molecule has 2 N–H and O–H groups in total. The van der Waals surface area contributed by atoms with Crippen LogP contribution in [0.4, 0.5) is 18.0 Å². The van der Waals surface area contributed by atoms with Crippen LogP contribution in [0.3, 0.4) is 0 Å². The van der Waals surface area contributed by atoms with Crippen LogP contribution in [0.25, 0.3) is 0 Å². The van der Waals surface area contributed by atoms with Gasteiger partial charge in [0, 0.05) is 19.5 Å². The van der Waals surface area contributed by atoms with Crippen molar-refractivity contribution in [2.24, 2.45) is 5.41 Å². The van der Waals surface area contributed by atoms with Crippen LogP contribution in [0.5, 0.6) is 0 Å². The Hall–Kier alpha value is -0.980. The van der Waals surface area contributed by atoms with Crippen molar-refractivity contribution < 1.29 is 23.1 Å². The van der Waals surface area contributed by atoms with Crippen LogP contribution in [0.1, 0.15) is 40.0 Å². The fourth-order valence-corrected chi connectivity index (χ4v) is 2.12. The van der Waals surface area contributed by atoms with Crippen molar-refractivity contribution in [2.75, 3.05) is 19.6 Å². The highest BCUT2D eigenvalue weighted by molar-refractivity contribution is 5.74. The lowest BCUT2D eigenvalue weighted by atomic mass is 9.91. The molecule has 1 saturated heterocycles. The van der Waals surface area contributed by atoms with Gasteiger partial charge in [-0.3, -0.25) is 0 Å². The Morgan fingerprint density at radius 3 is 2.40 bits per heavy atom. The average molecular weight is 296 g/mol. The number of aliphatic hydroxyl groups is 1. The predicted octanol–water partition coefficient (Wildman–Crippen LogP) is 2.52. The molecule has 20 heavy (non-hydrogen) atoms. The number of likely N-dealkylation sites (tertiary alicyclic amines) is 1. The zero-order chi connectivity index (χ0) is 15.6. The van der Waals surface area contributed by atoms with Gasteiger partial charge < -0.3 is 15.3 Å². The normalized spacial score (nSPS) is 24.1. The highest BCUT2D eigenvalue weighted by Crippen LogP contribution is 2.37. The summed E-state index contributed by atoms with van der Waals surface area (Å²) < 4.78 is 37.8. The van der Waals surface area contributed by atoms with Gasteiger partial charge in [0.1, 0.15) is 0 Å². The summed E-state index contributed by atoms with van der Waals surface area (Å²) in [6, 6.07) is -0.543. The fourth-order valence-electron chi connectivity index (χ4n) is 2.12. The second-order valence-corrected chi connectivity index (χ2v) is 6.60. The standard InChI is InChI=1S/C13H23F3N2O2/c1-11(2,3)5-4-7-17-10(19)18-8-6-12(20,9-18)13(14,15)16/h20H,4-9H2,1-3H3,(H,17,19)/t12-/m1/s1. The van der Waals surface area contributed by atoms with Crippen LogP contribution < -0.4 is 5.32 Å². The number of rotatable bonds is 3. The van der Waals surface area contributed by atoms with E-state index in [2.05, 4.69) is 26.1 Å². The van der Waals surface area contributed by atoms with E-state index in [1.165, 1.54) is 0 Å². The van der Waals surface area contributed by atoms with E-state index in [0.29, 0.717) is 6.54 Å². The molecule has 118 valence electrons. The number of amides is 2. The summed E-state index contributed by atoms with van der Waals surface area (Å²) in [5.41, 5.74) is -2.61. The van der Waals surface area contributed by atoms with E-state index in [1.54, 1.807) is 0 Å². The Morgan fingerprint density at radius 1 is 1.35 bits per heavy atom. The molecule has 0 unspecified atom stereocenters. The number of halogens is 3. The Balaban J connectivity index is 2.36. The van der Waals surface area contributed by atoms with E-state index in [9.17, 15) is 23.1 Å². The quantitative estimate of drug-likeness (QED) is 0.786. The average Bonchev–Trinajstić information content (AvgIpc) is 2.66. The first-order valence-electron chi connectivity index (χ1n) is 6.76. The van der Waals surface area contributed by atoms with Crippen molar-refractivity contribution >= 4 is 6.03 Å². The number of β-amino-alcohol motifs (C(OH)–C–C–N with tert-alkyl or cyclic N) is 1. The largest absolute Gasteiger partial charge is 0.419 e. The van der Waals surface area contributed by atoms with E-state index in [1.807, 2.05) is 0 Å². The van der Waals surface area contributed by atoms with Gasteiger partial charge in [0.05, 0.1) is 6.54 Å². The molecule has 4 nitrogen and oxygen atoms in total. The molecule has 0 aromatic heterocycles. The van der Waals surface area contributed by atoms with Gasteiger partial charge in [0.2, 0.25) is 0 Å². The Kier molecular flexibility index (Phi) is 4.94. The Morgan fingerprint density at radius 2 is 1.95 bits per heavy atom. The maximum atomic E-state index is 12.6. The van der Waals surface area contributed by atoms with E-state index in [4.69, 9.17) is 0 Å². The van der Waals surface area contributed by atoms with Gasteiger partial charge in [-0.05, 0) is 18.3 Å². The Labute approximate surface area is 117 Å². The lowest BCUT2D eigenvalue weighted by molar-refractivity contribution is -0.253. The van der Waals surface area contributed by atoms with Crippen molar-refractivity contribution in [2.45, 2.75) is 51.8 Å². The number of nitrogens with one attached hydrogen (secondary N) is 1. The van der Waals surface area contributed by atoms with E-state index < -0.39 is 30.8 Å². The van der Waals surface area contributed by atoms with Crippen molar-refractivity contribution in [3.63, 3.8) is 0 Å². The molecule has 1 aliphatic heterocycles. The van der Waals surface area contributed by atoms with Crippen LogP contribution in [-0.4, -0.2) is 47.4 Å². The first-order chi connectivity index (χ1) is 8.95. The molecule has 0 aliphatic carbocycles. The molecule has 0 radical (unpaired) electrons. The molecular weight excluding hydrogens is 273 g/mol. The van der Waals surface area contributed by atoms with Gasteiger partial charge in [0.15, 0.2) is 5.60 Å². The number of alkyl halides is 3. The van der Waals surface area contributed by atoms with Gasteiger partial charge in [-0.25, -0.2) is 4.79 Å². The van der Waals surface area contributed by atoms with Crippen molar-refractivity contribution in [1.29, 1.82) is 0 Å². The summed E-state index contributed by atoms with van der Waals surface area (Å²) in [5.74, 6) is 0. The first kappa shape index (κ1) is 17.1. The molecule has 1 rings (SSSR count). The van der Waals surface area contributed by atoms with E-state index >= 15 is 0 Å². The van der Waals surface area contributed by atoms with Crippen LogP contribution in [0.2, 0.25) is 0 Å². The number of hydrogen-bond acceptors (Lipinski definition) is 2. The summed E-state index contributed by atoms with van der Waals surface area (Å²) in [6.45, 7) is 5.90. The maximum absolute atomic E-state index is 12.6. The third kappa shape index (κ3) is 4.54. The SMILES string of the molecule is CC(C)(C)CCCNC(=O)N1CC[C@](O)(C(F)(F)F)C1. The molecule has 1 fully saturated rings. The zero-order valence-electron chi connectivity index (χ0n) is 12.2. The minimum atomic E-state index is -4.70. The van der Waals surface area contributed by atoms with Crippen LogP contribution >= 0.6 is 0 Å². The highest BCUT2D eigenvalue weighted by atomic mass is 19.4. The highest BCUT2D eigenvalue weighted by Gasteiger charge is 2.57. The minimum absolute atomic E-state index is 0.0822. The molecule has 0 bridgehead atoms. The zero-order valence-corrected chi connectivity index (χ0v) is 12.2. The summed E-state index contributed by atoms with van der Waals surface area (Å²) in [6.07, 6.45) is -3.48. The molecule has 1 aliphatic rings. The lowest BCUT2D eigenvalue weighted by Gasteiger charge is -2.26. The summed E-state index contributed by atoms with van der Waals surface area (Å²) >= 11 is 0. The van der Waals surface area contributed by atoms with Crippen molar-refractivity contribution in [3.05, 3.63) is 0 Å². The minimum Gasteiger partial charge on any atom is -0.379 e. The van der Waals surface area contributed by atoms with Gasteiger partial charge in [-0.1, -0.05) is 20.8 Å². The second-order valence-electron chi connectivity index (χ2n) is 6.60. The van der Waals surface area contributed by atoms with E-state index in [0.717, 1.165) is 17.7 Å². The van der Waals surface area contributed by atoms with Crippen molar-refractivity contribution in [3.8, 4) is 0 Å². The number of carbonyl (C=O) groups is 1. The van der Waals surface area contributed by atoms with Crippen LogP contribution in [-0.2, 0) is 0 Å². The molecule has 1 atom stereocenters. The lowest BCUT2D eigenvalue weighted by Crippen LogP contribution is -2.49.